The summed E-state index contributed by atoms with van der Waals surface area (Å²) in [7, 11) is 0. The molecule has 0 bridgehead atoms. The molecule has 4 nitrogen and oxygen atoms in total. The quantitative estimate of drug-likeness (QED) is 0.534. The Morgan fingerprint density at radius 2 is 2.50 bits per heavy atom. The summed E-state index contributed by atoms with van der Waals surface area (Å²) in [5.74, 6) is 0.203. The van der Waals surface area contributed by atoms with E-state index in [0.717, 1.165) is 19.5 Å². The summed E-state index contributed by atoms with van der Waals surface area (Å²) in [6.45, 7) is 4.57. The molecule has 90 valence electrons. The van der Waals surface area contributed by atoms with Crippen molar-refractivity contribution in [1.82, 2.24) is 5.32 Å². The molecule has 2 rings (SSSR count). The zero-order chi connectivity index (χ0) is 11.6. The van der Waals surface area contributed by atoms with E-state index >= 15 is 0 Å². The topological polar surface area (TPSA) is 64.3 Å². The Balaban J connectivity index is 2.23. The number of fused-ring (bicyclic) bond motifs is 1. The Hall–Kier alpha value is -0.870. The Morgan fingerprint density at radius 3 is 3.19 bits per heavy atom. The molecule has 0 aromatic carbocycles. The van der Waals surface area contributed by atoms with E-state index < -0.39 is 0 Å². The second-order valence-corrected chi connectivity index (χ2v) is 4.64. The van der Waals surface area contributed by atoms with E-state index in [0.29, 0.717) is 19.1 Å². The molecule has 3 N–H and O–H groups in total. The molecule has 3 unspecified atom stereocenters. The number of hydrogen-bond acceptors (Lipinski definition) is 4. The molecule has 0 amide bonds. The summed E-state index contributed by atoms with van der Waals surface area (Å²) in [4.78, 5) is 12.0. The third-order valence-electron chi connectivity index (χ3n) is 3.94. The summed E-state index contributed by atoms with van der Waals surface area (Å²) < 4.78 is 5.16. The molecule has 3 atom stereocenters. The van der Waals surface area contributed by atoms with Crippen LogP contribution in [0.25, 0.3) is 0 Å². The minimum atomic E-state index is -0.124. The molecule has 0 saturated carbocycles. The van der Waals surface area contributed by atoms with Crippen molar-refractivity contribution >= 4 is 5.97 Å². The van der Waals surface area contributed by atoms with Crippen LogP contribution in [0.5, 0.6) is 0 Å². The predicted molar refractivity (Wildman–Crippen MR) is 61.7 cm³/mol. The van der Waals surface area contributed by atoms with Crippen molar-refractivity contribution in [3.63, 3.8) is 0 Å². The molecule has 2 aliphatic rings. The fourth-order valence-corrected chi connectivity index (χ4v) is 2.99. The molecule has 1 aliphatic carbocycles. The van der Waals surface area contributed by atoms with Gasteiger partial charge in [0, 0.05) is 25.0 Å². The highest BCUT2D eigenvalue weighted by Crippen LogP contribution is 2.44. The lowest BCUT2D eigenvalue weighted by molar-refractivity contribution is -0.153. The first-order valence-electron chi connectivity index (χ1n) is 5.98. The van der Waals surface area contributed by atoms with E-state index in [1.165, 1.54) is 0 Å². The fraction of sp³-hybridized carbons (Fsp3) is 0.750. The third-order valence-corrected chi connectivity index (χ3v) is 3.94. The lowest BCUT2D eigenvalue weighted by atomic mass is 9.64. The SMILES string of the molecule is CCOC(=O)C1CC=CC2CNCC21CN. The van der Waals surface area contributed by atoms with Crippen LogP contribution < -0.4 is 11.1 Å². The molecule has 0 spiro atoms. The van der Waals surface area contributed by atoms with Crippen LogP contribution in [0.4, 0.5) is 0 Å². The van der Waals surface area contributed by atoms with Gasteiger partial charge in [0.2, 0.25) is 0 Å². The van der Waals surface area contributed by atoms with E-state index in [1.807, 2.05) is 6.92 Å². The lowest BCUT2D eigenvalue weighted by Gasteiger charge is -2.40. The zero-order valence-corrected chi connectivity index (χ0v) is 9.74. The number of allylic oxidation sites excluding steroid dienone is 1. The molecule has 0 radical (unpaired) electrons. The van der Waals surface area contributed by atoms with E-state index in [2.05, 4.69) is 17.5 Å². The van der Waals surface area contributed by atoms with Crippen LogP contribution in [0.2, 0.25) is 0 Å². The van der Waals surface area contributed by atoms with E-state index in [4.69, 9.17) is 10.5 Å². The summed E-state index contributed by atoms with van der Waals surface area (Å²) in [6, 6.07) is 0. The van der Waals surface area contributed by atoms with Gasteiger partial charge in [0.25, 0.3) is 0 Å². The maximum atomic E-state index is 12.0. The number of nitrogens with two attached hydrogens (primary N) is 1. The Morgan fingerprint density at radius 1 is 1.69 bits per heavy atom. The molecule has 0 aromatic heterocycles. The number of esters is 1. The van der Waals surface area contributed by atoms with E-state index in [1.54, 1.807) is 0 Å². The molecular formula is C12H20N2O2. The monoisotopic (exact) mass is 224 g/mol. The van der Waals surface area contributed by atoms with Gasteiger partial charge in [0.1, 0.15) is 0 Å². The number of hydrogen-bond donors (Lipinski definition) is 2. The molecule has 1 saturated heterocycles. The number of ether oxygens (including phenoxy) is 1. The molecule has 1 fully saturated rings. The number of carbonyl (C=O) groups excluding carboxylic acids is 1. The van der Waals surface area contributed by atoms with Crippen LogP contribution in [0.15, 0.2) is 12.2 Å². The molecule has 4 heteroatoms. The first-order chi connectivity index (χ1) is 7.74. The van der Waals surface area contributed by atoms with Crippen LogP contribution in [-0.4, -0.2) is 32.2 Å². The molecular weight excluding hydrogens is 204 g/mol. The lowest BCUT2D eigenvalue weighted by Crippen LogP contribution is -2.49. The van der Waals surface area contributed by atoms with Gasteiger partial charge in [-0.3, -0.25) is 4.79 Å². The van der Waals surface area contributed by atoms with Crippen molar-refractivity contribution in [2.24, 2.45) is 23.0 Å². The van der Waals surface area contributed by atoms with Gasteiger partial charge < -0.3 is 15.8 Å². The second kappa shape index (κ2) is 4.55. The minimum absolute atomic E-state index is 0.0811. The molecule has 1 heterocycles. The Labute approximate surface area is 96.2 Å². The highest BCUT2D eigenvalue weighted by Gasteiger charge is 2.51. The minimum Gasteiger partial charge on any atom is -0.466 e. The van der Waals surface area contributed by atoms with Gasteiger partial charge in [-0.2, -0.15) is 0 Å². The zero-order valence-electron chi connectivity index (χ0n) is 9.74. The van der Waals surface area contributed by atoms with Gasteiger partial charge in [0.15, 0.2) is 0 Å². The van der Waals surface area contributed by atoms with Crippen LogP contribution in [0, 0.1) is 17.3 Å². The fourth-order valence-electron chi connectivity index (χ4n) is 2.99. The van der Waals surface area contributed by atoms with Crippen LogP contribution >= 0.6 is 0 Å². The van der Waals surface area contributed by atoms with Crippen LogP contribution in [0.1, 0.15) is 13.3 Å². The largest absolute Gasteiger partial charge is 0.466 e. The van der Waals surface area contributed by atoms with Gasteiger partial charge in [-0.15, -0.1) is 0 Å². The number of nitrogens with one attached hydrogen (secondary N) is 1. The van der Waals surface area contributed by atoms with Crippen LogP contribution in [-0.2, 0) is 9.53 Å². The first kappa shape index (κ1) is 11.6. The third kappa shape index (κ3) is 1.66. The van der Waals surface area contributed by atoms with Gasteiger partial charge in [-0.1, -0.05) is 12.2 Å². The second-order valence-electron chi connectivity index (χ2n) is 4.64. The maximum Gasteiger partial charge on any atom is 0.309 e. The molecule has 16 heavy (non-hydrogen) atoms. The van der Waals surface area contributed by atoms with Crippen molar-refractivity contribution in [3.8, 4) is 0 Å². The van der Waals surface area contributed by atoms with Crippen molar-refractivity contribution in [1.29, 1.82) is 0 Å². The van der Waals surface area contributed by atoms with E-state index in [-0.39, 0.29) is 17.3 Å². The van der Waals surface area contributed by atoms with Crippen LogP contribution in [0.3, 0.4) is 0 Å². The highest BCUT2D eigenvalue weighted by atomic mass is 16.5. The van der Waals surface area contributed by atoms with Gasteiger partial charge in [-0.05, 0) is 19.3 Å². The van der Waals surface area contributed by atoms with Gasteiger partial charge in [-0.25, -0.2) is 0 Å². The standard InChI is InChI=1S/C12H20N2O2/c1-2-16-11(15)10-5-3-4-9-6-14-8-12(9,10)7-13/h3-4,9-10,14H,2,5-8,13H2,1H3. The number of carbonyl (C=O) groups is 1. The molecule has 0 aromatic rings. The smallest absolute Gasteiger partial charge is 0.309 e. The summed E-state index contributed by atoms with van der Waals surface area (Å²) in [5, 5.41) is 3.34. The van der Waals surface area contributed by atoms with Gasteiger partial charge in [0.05, 0.1) is 12.5 Å². The highest BCUT2D eigenvalue weighted by molar-refractivity contribution is 5.74. The average molecular weight is 224 g/mol. The molecule has 1 aliphatic heterocycles. The van der Waals surface area contributed by atoms with Crippen molar-refractivity contribution in [3.05, 3.63) is 12.2 Å². The summed E-state index contributed by atoms with van der Waals surface area (Å²) >= 11 is 0. The Kier molecular flexibility index (Phi) is 3.30. The Bertz CT molecular complexity index is 303. The van der Waals surface area contributed by atoms with Crippen molar-refractivity contribution < 1.29 is 9.53 Å². The van der Waals surface area contributed by atoms with Gasteiger partial charge >= 0.3 is 5.97 Å². The normalized spacial score (nSPS) is 37.1. The average Bonchev–Trinajstić information content (AvgIpc) is 2.72. The predicted octanol–water partition coefficient (Wildman–Crippen LogP) is 0.290. The first-order valence-corrected chi connectivity index (χ1v) is 5.98. The maximum absolute atomic E-state index is 12.0. The van der Waals surface area contributed by atoms with Crippen molar-refractivity contribution in [2.45, 2.75) is 13.3 Å². The van der Waals surface area contributed by atoms with Crippen molar-refractivity contribution in [2.75, 3.05) is 26.2 Å². The van der Waals surface area contributed by atoms with E-state index in [9.17, 15) is 4.79 Å². The number of rotatable bonds is 3. The summed E-state index contributed by atoms with van der Waals surface area (Å²) in [6.07, 6.45) is 5.05. The summed E-state index contributed by atoms with van der Waals surface area (Å²) in [5.41, 5.74) is 5.80.